The first-order chi connectivity index (χ1) is 36.0. The van der Waals surface area contributed by atoms with Gasteiger partial charge in [0.05, 0.1) is 12.7 Å². The average molecular weight is 1340 g/mol. The van der Waals surface area contributed by atoms with Crippen molar-refractivity contribution in [1.82, 2.24) is 0 Å². The van der Waals surface area contributed by atoms with Gasteiger partial charge in [-0.3, -0.25) is 0 Å². The Kier molecular flexibility index (Phi) is 35.7. The van der Waals surface area contributed by atoms with E-state index in [1.54, 1.807) is 18.2 Å². The molecule has 11 nitrogen and oxygen atoms in total. The third kappa shape index (κ3) is 23.7. The molecule has 0 aromatic heterocycles. The first-order valence-electron chi connectivity index (χ1n) is 27.1. The summed E-state index contributed by atoms with van der Waals surface area (Å²) in [4.78, 5) is 12.3. The van der Waals surface area contributed by atoms with Crippen LogP contribution in [0.3, 0.4) is 0 Å². The number of methoxy groups -OCH3 is 1. The minimum atomic E-state index is -1.83. The minimum absolute atomic E-state index is 0. The summed E-state index contributed by atoms with van der Waals surface area (Å²) in [5.41, 5.74) is 7.74. The zero-order chi connectivity index (χ0) is 56.0. The van der Waals surface area contributed by atoms with Gasteiger partial charge < -0.3 is 79.5 Å². The third-order valence-electron chi connectivity index (χ3n) is 13.7. The zero-order valence-corrected chi connectivity index (χ0v) is 57.8. The number of hydrogen-bond acceptors (Lipinski definition) is 11. The molecule has 0 amide bonds. The summed E-state index contributed by atoms with van der Waals surface area (Å²) in [5.74, 6) is -0.299. The van der Waals surface area contributed by atoms with Crippen LogP contribution in [0.15, 0.2) is 84.9 Å². The number of benzene rings is 4. The second kappa shape index (κ2) is 36.7. The maximum absolute atomic E-state index is 12.3. The van der Waals surface area contributed by atoms with Crippen molar-refractivity contribution in [3.05, 3.63) is 144 Å². The van der Waals surface area contributed by atoms with Gasteiger partial charge in [-0.15, -0.1) is 0 Å². The Balaban J connectivity index is 0.000000563. The van der Waals surface area contributed by atoms with Crippen molar-refractivity contribution < 1.29 is 96.7 Å². The standard InChI is InChI=1S/C23H27ClO6.C16H14ClI.C14H30O4Si2.C4H8O.C3H7.2ClH.Li.Mg/c1-29-23(22(28)21(27)20(26)19(12-25)30-23)17-8-9-18(24)16(11-17)10-13-2-4-14(5-3-13)15-6-7-15;17-16-8-7-15(18)10-14(16)9-11-1-3-12(4-2-11)13-5-6-13;1-9-11-10(2)12(17-19(3,4)5)13(14(15)16-11)18-20(6,7)8;1-2-4-5-3-1;1-3-2;;;;/h2-5,8-9,11,15,19-22,25-28H,6-7,10,12H2,1H3;1-4,7-8,10,13H,5-6,9H2;10-13H,9H2,1-8H3;1-4H2;3H,1-2H3;2*1H;;/q;;;;-1;;;+1;+2/p-2/t19-,20-,21+,22-,23+;;10-,11-,12+,13-;;;;;;/m1.1....../s1. The van der Waals surface area contributed by atoms with E-state index in [0.717, 1.165) is 48.1 Å². The summed E-state index contributed by atoms with van der Waals surface area (Å²) < 4.78 is 35.4. The van der Waals surface area contributed by atoms with Crippen LogP contribution in [-0.4, -0.2) is 136 Å². The molecule has 4 aromatic rings. The quantitative estimate of drug-likeness (QED) is 0.0636. The van der Waals surface area contributed by atoms with E-state index >= 15 is 0 Å². The van der Waals surface area contributed by atoms with Gasteiger partial charge in [-0.2, -0.15) is 13.8 Å². The van der Waals surface area contributed by atoms with E-state index in [1.807, 2.05) is 39.3 Å². The number of halogens is 5. The molecule has 5 aliphatic rings. The second-order valence-corrected chi connectivity index (χ2v) is 33.5. The van der Waals surface area contributed by atoms with Gasteiger partial charge in [0, 0.05) is 45.4 Å². The molecule has 3 saturated heterocycles. The fourth-order valence-corrected chi connectivity index (χ4v) is 12.4. The molecule has 0 unspecified atom stereocenters. The Morgan fingerprint density at radius 1 is 0.725 bits per heavy atom. The van der Waals surface area contributed by atoms with Crippen molar-refractivity contribution in [2.75, 3.05) is 26.9 Å². The Hall–Kier alpha value is -0.323. The van der Waals surface area contributed by atoms with Crippen molar-refractivity contribution in [1.29, 1.82) is 0 Å². The molecule has 438 valence electrons. The number of rotatable bonds is 14. The molecule has 2 aliphatic carbocycles. The van der Waals surface area contributed by atoms with E-state index in [-0.39, 0.29) is 90.8 Å². The van der Waals surface area contributed by atoms with E-state index in [1.165, 1.54) is 71.5 Å². The van der Waals surface area contributed by atoms with Gasteiger partial charge in [0.2, 0.25) is 5.79 Å². The summed E-state index contributed by atoms with van der Waals surface area (Å²) >= 11 is 15.0. The van der Waals surface area contributed by atoms with Crippen LogP contribution in [0.4, 0.5) is 0 Å². The van der Waals surface area contributed by atoms with Crippen molar-refractivity contribution in [3.63, 3.8) is 0 Å². The number of carbonyl (C=O) groups is 1. The van der Waals surface area contributed by atoms with Crippen LogP contribution in [0.2, 0.25) is 49.3 Å². The van der Waals surface area contributed by atoms with E-state index in [9.17, 15) is 25.2 Å². The summed E-state index contributed by atoms with van der Waals surface area (Å²) in [7, 11) is -2.24. The Labute approximate surface area is 545 Å². The topological polar surface area (TPSA) is 153 Å². The van der Waals surface area contributed by atoms with Crippen molar-refractivity contribution in [3.8, 4) is 0 Å². The monoisotopic (exact) mass is 1340 g/mol. The Bertz CT molecular complexity index is 2400. The molecule has 2 saturated carbocycles. The zero-order valence-electron chi connectivity index (χ0n) is 49.2. The molecular formula is C60H86Cl4ILiMgO11Si2. The van der Waals surface area contributed by atoms with Gasteiger partial charge in [0.1, 0.15) is 30.5 Å². The summed E-state index contributed by atoms with van der Waals surface area (Å²) in [5, 5.41) is 42.0. The van der Waals surface area contributed by atoms with Crippen LogP contribution < -0.4 is 43.7 Å². The molecule has 4 aromatic carbocycles. The van der Waals surface area contributed by atoms with Crippen LogP contribution in [0, 0.1) is 15.9 Å². The molecule has 0 bridgehead atoms. The number of aliphatic hydroxyl groups excluding tert-OH is 4. The van der Waals surface area contributed by atoms with Crippen molar-refractivity contribution in [2.45, 2.75) is 185 Å². The van der Waals surface area contributed by atoms with Crippen LogP contribution in [0.5, 0.6) is 0 Å². The molecular weight excluding hydrogens is 1250 g/mol. The smallest absolute Gasteiger partial charge is 1.00 e. The number of esters is 1. The Morgan fingerprint density at radius 3 is 1.59 bits per heavy atom. The number of hydrogen-bond donors (Lipinski definition) is 4. The second-order valence-electron chi connectivity index (χ2n) is 22.5. The molecule has 0 radical (unpaired) electrons. The van der Waals surface area contributed by atoms with E-state index in [0.29, 0.717) is 22.9 Å². The van der Waals surface area contributed by atoms with E-state index in [4.69, 9.17) is 51.0 Å². The van der Waals surface area contributed by atoms with Gasteiger partial charge in [-0.05, 0) is 195 Å². The summed E-state index contributed by atoms with van der Waals surface area (Å²) in [6.45, 7) is 22.3. The van der Waals surface area contributed by atoms with Gasteiger partial charge in [-0.25, -0.2) is 4.79 Å². The summed E-state index contributed by atoms with van der Waals surface area (Å²) in [6.07, 6.45) is 5.62. The normalized spacial score (nSPS) is 24.9. The van der Waals surface area contributed by atoms with Crippen LogP contribution in [0.1, 0.15) is 123 Å². The average Bonchev–Trinajstić information content (AvgIpc) is 4.34. The van der Waals surface area contributed by atoms with Crippen LogP contribution in [-0.2, 0) is 51.2 Å². The fraction of sp³-hybridized carbons (Fsp3) is 0.567. The first kappa shape index (κ1) is 77.7. The maximum atomic E-state index is 12.3. The molecule has 3 heterocycles. The first-order valence-corrected chi connectivity index (χ1v) is 35.8. The SMILES string of the molecule is C1CCOC1.CC[C@H]1OC(=O)[C@H](O[Si](C)(C)C)[C@@H](O[Si](C)(C)C)[C@@H]1C.CO[C@@]1(c2ccc(Cl)c(Cc3ccc(C4CC4)cc3)c2)O[C@H](CO)[C@@H](O)[C@H](O)[C@H]1O.C[CH-]C.Clc1ccc(I)cc1Cc1ccc(C2CC2)cc1.[Cl-].[Cl-].[Li+].[Mg+2]. The maximum Gasteiger partial charge on any atom is 2.00 e. The van der Waals surface area contributed by atoms with Gasteiger partial charge >= 0.3 is 47.9 Å². The molecule has 80 heavy (non-hydrogen) atoms. The molecule has 20 heteroatoms. The molecule has 3 aliphatic heterocycles. The van der Waals surface area contributed by atoms with Crippen LogP contribution >= 0.6 is 45.8 Å². The number of cyclic esters (lactones) is 1. The largest absolute Gasteiger partial charge is 2.00 e. The molecule has 0 spiro atoms. The van der Waals surface area contributed by atoms with Crippen molar-refractivity contribution >= 4 is 91.4 Å². The predicted molar refractivity (Wildman–Crippen MR) is 324 cm³/mol. The third-order valence-corrected chi connectivity index (χ3v) is 17.0. The molecule has 9 atom stereocenters. The van der Waals surface area contributed by atoms with E-state index < -0.39 is 59.5 Å². The molecule has 5 fully saturated rings. The van der Waals surface area contributed by atoms with Gasteiger partial charge in [-0.1, -0.05) is 91.6 Å². The van der Waals surface area contributed by atoms with Gasteiger partial charge in [0.15, 0.2) is 22.7 Å². The predicted octanol–water partition coefficient (Wildman–Crippen LogP) is 3.55. The number of carbonyl (C=O) groups excluding carboxylic acids is 1. The fourth-order valence-electron chi connectivity index (χ4n) is 9.34. The molecule has 9 rings (SSSR count). The van der Waals surface area contributed by atoms with Crippen molar-refractivity contribution in [2.24, 2.45) is 5.92 Å². The number of ether oxygens (including phenoxy) is 4. The van der Waals surface area contributed by atoms with Gasteiger partial charge in [0.25, 0.3) is 0 Å². The van der Waals surface area contributed by atoms with E-state index in [2.05, 4.69) is 123 Å². The van der Waals surface area contributed by atoms with Crippen LogP contribution in [0.25, 0.3) is 0 Å². The molecule has 4 N–H and O–H groups in total. The minimum Gasteiger partial charge on any atom is -1.00 e. The summed E-state index contributed by atoms with van der Waals surface area (Å²) in [6, 6.07) is 28.8. The number of aliphatic hydroxyl groups is 4. The Morgan fingerprint density at radius 2 is 1.19 bits per heavy atom.